The van der Waals surface area contributed by atoms with Crippen LogP contribution in [-0.4, -0.2) is 88.6 Å². The molecule has 0 aliphatic heterocycles. The van der Waals surface area contributed by atoms with Crippen LogP contribution in [0.5, 0.6) is 11.6 Å². The number of esters is 3. The van der Waals surface area contributed by atoms with Gasteiger partial charge in [-0.1, -0.05) is 96.9 Å². The van der Waals surface area contributed by atoms with Crippen molar-refractivity contribution in [3.8, 4) is 29.3 Å². The maximum absolute atomic E-state index is 14.9. The van der Waals surface area contributed by atoms with E-state index in [0.717, 1.165) is 106 Å². The van der Waals surface area contributed by atoms with Gasteiger partial charge in [-0.25, -0.2) is 4.98 Å². The van der Waals surface area contributed by atoms with Crippen LogP contribution in [-0.2, 0) is 63.2 Å². The molecule has 0 radical (unpaired) electrons. The molecule has 7 saturated carbocycles. The molecule has 596 valence electrons. The first-order valence-electron chi connectivity index (χ1n) is 41.3. The van der Waals surface area contributed by atoms with Gasteiger partial charge in [0.1, 0.15) is 18.3 Å². The van der Waals surface area contributed by atoms with E-state index in [1.54, 1.807) is 68.8 Å². The number of hydrogen-bond acceptors (Lipinski definition) is 15. The molecular formula is C90H123N7O13. The highest BCUT2D eigenvalue weighted by molar-refractivity contribution is 6.02. The molecule has 4 aromatic rings. The summed E-state index contributed by atoms with van der Waals surface area (Å²) in [6, 6.07) is 12.2. The Balaban J connectivity index is 0.699. The standard InChI is InChI=1S/C90H123N7O13/c1-22-55(108-71(102)47-80(7,8)78(104)105)32-35-83(13)53(6)31-37-87(17)62(83)27-24-56-75-73(51(2)3)59(99)46-90(75,41-39-85(56,87)15)65-44-70(101)97(95(65)20)68-30-26-60(107-21)77(93-68)110-79(106)81(9,10)48-72(103)109-66-34-36-84(14)61(82(66,11)12)33-38-88(18)63(84)28-25-57-76-74(52(4)5)58(98)45-89(76,42-40-86(57,88)16)64-43-69(100)96(94(64)19)67-29-23-54(49-91)50-92-67/h23,26,29-30,43-44,50-53,55-57,61-63,66H,22,24-25,27-28,31-42,45-48H2,1-21H3,(H,104,105)/t53-,55-,56-,57-,61+,62-,63-,66+,83+,84+,85-,86-,87-,88-,89+,90+/m1/s1. The van der Waals surface area contributed by atoms with Crippen LogP contribution in [0.15, 0.2) is 74.5 Å². The second-order valence-electron chi connectivity index (χ2n) is 39.7. The van der Waals surface area contributed by atoms with Gasteiger partial charge in [0.25, 0.3) is 17.0 Å². The van der Waals surface area contributed by atoms with Crippen molar-refractivity contribution in [3.05, 3.63) is 103 Å². The van der Waals surface area contributed by atoms with Crippen LogP contribution in [0.4, 0.5) is 0 Å². The highest BCUT2D eigenvalue weighted by atomic mass is 16.6. The summed E-state index contributed by atoms with van der Waals surface area (Å²) in [6.45, 7) is 38.9. The molecule has 0 saturated heterocycles. The summed E-state index contributed by atoms with van der Waals surface area (Å²) < 4.78 is 31.4. The third kappa shape index (κ3) is 12.0. The van der Waals surface area contributed by atoms with Crippen molar-refractivity contribution in [2.45, 2.75) is 283 Å². The lowest BCUT2D eigenvalue weighted by molar-refractivity contribution is -0.232. The first-order chi connectivity index (χ1) is 51.4. The van der Waals surface area contributed by atoms with E-state index >= 15 is 0 Å². The summed E-state index contributed by atoms with van der Waals surface area (Å²) in [5.74, 6) is -0.387. The van der Waals surface area contributed by atoms with Crippen LogP contribution in [0.25, 0.3) is 11.6 Å². The van der Waals surface area contributed by atoms with E-state index < -0.39 is 57.1 Å². The molecule has 4 aromatic heterocycles. The lowest BCUT2D eigenvalue weighted by Crippen LogP contribution is -2.66. The number of methoxy groups -OCH3 is 1. The summed E-state index contributed by atoms with van der Waals surface area (Å²) >= 11 is 0. The van der Waals surface area contributed by atoms with Gasteiger partial charge in [0, 0.05) is 61.5 Å². The average molecular weight is 1510 g/mol. The van der Waals surface area contributed by atoms with Crippen molar-refractivity contribution in [2.24, 2.45) is 110 Å². The number of pyridine rings is 2. The van der Waals surface area contributed by atoms with Crippen molar-refractivity contribution in [3.63, 3.8) is 0 Å². The van der Waals surface area contributed by atoms with Gasteiger partial charge >= 0.3 is 23.9 Å². The summed E-state index contributed by atoms with van der Waals surface area (Å²) in [4.78, 5) is 122. The van der Waals surface area contributed by atoms with E-state index in [1.807, 2.05) is 30.4 Å². The normalized spacial score (nSPS) is 34.1. The molecule has 13 rings (SSSR count). The Bertz CT molecular complexity index is 4670. The third-order valence-corrected chi connectivity index (χ3v) is 32.6. The number of allylic oxidation sites excluding steroid dienone is 4. The smallest absolute Gasteiger partial charge is 0.318 e. The van der Waals surface area contributed by atoms with Gasteiger partial charge in [0.2, 0.25) is 0 Å². The Morgan fingerprint density at radius 3 is 1.69 bits per heavy atom. The van der Waals surface area contributed by atoms with Crippen molar-refractivity contribution in [2.75, 3.05) is 7.11 Å². The largest absolute Gasteiger partial charge is 0.491 e. The predicted octanol–water partition coefficient (Wildman–Crippen LogP) is 16.5. The molecule has 20 heteroatoms. The molecule has 0 bridgehead atoms. The highest BCUT2D eigenvalue weighted by Crippen LogP contribution is 2.78. The molecule has 7 fully saturated rings. The third-order valence-electron chi connectivity index (χ3n) is 32.6. The molecule has 4 heterocycles. The van der Waals surface area contributed by atoms with E-state index in [4.69, 9.17) is 23.9 Å². The number of carbonyl (C=O) groups is 6. The second kappa shape index (κ2) is 27.6. The van der Waals surface area contributed by atoms with Gasteiger partial charge in [-0.2, -0.15) is 19.6 Å². The quantitative estimate of drug-likeness (QED) is 0.0806. The van der Waals surface area contributed by atoms with Gasteiger partial charge in [-0.3, -0.25) is 47.7 Å². The molecule has 9 aliphatic carbocycles. The van der Waals surface area contributed by atoms with Crippen LogP contribution in [0.2, 0.25) is 0 Å². The number of hydrogen-bond donors (Lipinski definition) is 1. The Labute approximate surface area is 650 Å². The lowest BCUT2D eigenvalue weighted by Gasteiger charge is -2.72. The van der Waals surface area contributed by atoms with Crippen molar-refractivity contribution in [1.82, 2.24) is 28.7 Å². The Morgan fingerprint density at radius 1 is 0.645 bits per heavy atom. The summed E-state index contributed by atoms with van der Waals surface area (Å²) in [7, 11) is 5.20. The van der Waals surface area contributed by atoms with Crippen LogP contribution in [0, 0.1) is 107 Å². The molecule has 0 amide bonds. The maximum Gasteiger partial charge on any atom is 0.318 e. The number of nitriles is 1. The first-order valence-corrected chi connectivity index (χ1v) is 41.3. The number of aromatic nitrogens is 6. The second-order valence-corrected chi connectivity index (χ2v) is 39.7. The average Bonchev–Trinajstić information content (AvgIpc) is 1.30. The summed E-state index contributed by atoms with van der Waals surface area (Å²) in [5.41, 5.74) is 0.451. The molecule has 0 aromatic carbocycles. The number of nitrogens with zero attached hydrogens (tertiary/aromatic N) is 7. The van der Waals surface area contributed by atoms with E-state index in [9.17, 15) is 48.7 Å². The van der Waals surface area contributed by atoms with Crippen molar-refractivity contribution >= 4 is 35.4 Å². The monoisotopic (exact) mass is 1510 g/mol. The number of rotatable bonds is 20. The number of aliphatic carboxylic acids is 1. The SMILES string of the molecule is CC[C@H](CC[C@@]1(C)[C@H](C)CC[C@]2(C)[C@@H]1CC[C@@H]1C3=C(C(C)C)C(=O)C[C@]3(c3cc(=O)n(-c4ccc(OC)c(OC(=O)C(C)(C)CC(=O)O[C@H]5CC[C@]6(C)[C@H]7CC[C@@H]8C9=C(C(C)C)C(=O)C[C@]9(c9cc(=O)n(-c%10ccc(C#N)cn%10)n9C)CC[C@@]8(C)[C@]7(C)CC[C@H]6C5(C)C)n4)n3C)CC[C@]12C)OC(=O)CC(C)(C)C(=O)O. The fourth-order valence-corrected chi connectivity index (χ4v) is 26.2. The molecule has 0 spiro atoms. The Morgan fingerprint density at radius 2 is 1.17 bits per heavy atom. The summed E-state index contributed by atoms with van der Waals surface area (Å²) in [5, 5.41) is 19.3. The number of ketones is 2. The number of carboxylic acid groups (broad SMARTS) is 1. The van der Waals surface area contributed by atoms with Crippen LogP contribution < -0.4 is 20.6 Å². The molecule has 20 nitrogen and oxygen atoms in total. The molecule has 9 aliphatic rings. The fourth-order valence-electron chi connectivity index (χ4n) is 26.2. The molecule has 16 atom stereocenters. The topological polar surface area (TPSA) is 263 Å². The maximum atomic E-state index is 14.9. The number of carboxylic acids is 1. The van der Waals surface area contributed by atoms with E-state index in [0.29, 0.717) is 61.2 Å². The number of fused-ring (bicyclic) bond motifs is 12. The zero-order valence-electron chi connectivity index (χ0n) is 69.6. The van der Waals surface area contributed by atoms with E-state index in [1.165, 1.54) is 29.1 Å². The van der Waals surface area contributed by atoms with Gasteiger partial charge in [-0.15, -0.1) is 0 Å². The minimum absolute atomic E-state index is 0.00290. The zero-order valence-corrected chi connectivity index (χ0v) is 69.6. The van der Waals surface area contributed by atoms with Crippen LogP contribution in [0.3, 0.4) is 0 Å². The number of carbonyl (C=O) groups excluding carboxylic acids is 5. The van der Waals surface area contributed by atoms with Gasteiger partial charge in [0.15, 0.2) is 29.0 Å². The Hall–Kier alpha value is -7.69. The highest BCUT2D eigenvalue weighted by Gasteiger charge is 2.72. The van der Waals surface area contributed by atoms with Crippen molar-refractivity contribution < 1.29 is 52.8 Å². The molecule has 1 N–H and O–H groups in total. The summed E-state index contributed by atoms with van der Waals surface area (Å²) in [6.07, 6.45) is 15.4. The van der Waals surface area contributed by atoms with Crippen molar-refractivity contribution in [1.29, 1.82) is 5.26 Å². The van der Waals surface area contributed by atoms with Crippen LogP contribution >= 0.6 is 0 Å². The minimum Gasteiger partial charge on any atom is -0.491 e. The molecule has 110 heavy (non-hydrogen) atoms. The zero-order chi connectivity index (χ0) is 80.3. The predicted molar refractivity (Wildman–Crippen MR) is 418 cm³/mol. The number of Topliss-reactive ketones (excluding diaryl/α,β-unsaturated/α-hetero) is 2. The first kappa shape index (κ1) is 80.4. The van der Waals surface area contributed by atoms with Gasteiger partial charge < -0.3 is 24.1 Å². The number of ether oxygens (including phenoxy) is 4. The van der Waals surface area contributed by atoms with Crippen LogP contribution in [0.1, 0.15) is 276 Å². The fraction of sp³-hybridized carbons (Fsp3) is 0.700. The minimum atomic E-state index is -1.39. The van der Waals surface area contributed by atoms with E-state index in [2.05, 4.69) is 101 Å². The Kier molecular flexibility index (Phi) is 20.1. The van der Waals surface area contributed by atoms with Gasteiger partial charge in [0.05, 0.1) is 47.7 Å². The molecular weight excluding hydrogens is 1390 g/mol. The molecule has 0 unspecified atom stereocenters. The lowest BCUT2D eigenvalue weighted by atomic mass is 9.33. The van der Waals surface area contributed by atoms with Gasteiger partial charge in [-0.05, 0) is 263 Å². The van der Waals surface area contributed by atoms with E-state index in [-0.39, 0.29) is 128 Å².